The van der Waals surface area contributed by atoms with E-state index in [9.17, 15) is 0 Å². The van der Waals surface area contributed by atoms with Crippen LogP contribution < -0.4 is 24.8 Å². The Bertz CT molecular complexity index is 3300. The molecule has 348 valence electrons. The summed E-state index contributed by atoms with van der Waals surface area (Å²) in [6.45, 7) is 17.6. The van der Waals surface area contributed by atoms with Gasteiger partial charge in [0.25, 0.3) is 0 Å². The average Bonchev–Trinajstić information content (AvgIpc) is 4.11. The van der Waals surface area contributed by atoms with Crippen LogP contribution in [0.25, 0.3) is 86.9 Å². The van der Waals surface area contributed by atoms with Gasteiger partial charge < -0.3 is 24.8 Å². The van der Waals surface area contributed by atoms with Crippen molar-refractivity contribution in [2.45, 2.75) is 53.9 Å². The zero-order chi connectivity index (χ0) is 48.2. The van der Waals surface area contributed by atoms with Gasteiger partial charge in [0.1, 0.15) is 0 Å². The van der Waals surface area contributed by atoms with Crippen molar-refractivity contribution in [2.24, 2.45) is 0 Å². The molecule has 12 aromatic rings. The number of aryl methyl sites for hydroxylation is 4. The molecule has 0 atom stereocenters. The van der Waals surface area contributed by atoms with Gasteiger partial charge in [0.15, 0.2) is 0 Å². The Labute approximate surface area is 452 Å². The molecule has 12 rings (SSSR count). The second kappa shape index (κ2) is 27.1. The van der Waals surface area contributed by atoms with Crippen LogP contribution in [0.3, 0.4) is 0 Å². The first kappa shape index (κ1) is 56.1. The molecule has 0 saturated heterocycles. The maximum absolute atomic E-state index is 2.28. The van der Waals surface area contributed by atoms with E-state index in [1.165, 1.54) is 109 Å². The van der Waals surface area contributed by atoms with Crippen LogP contribution in [0.15, 0.2) is 218 Å². The normalized spacial score (nSPS) is 10.2. The molecule has 0 aliphatic rings. The fraction of sp³-hybridized carbons (Fsp3) is 0.125. The van der Waals surface area contributed by atoms with Crippen LogP contribution >= 0.6 is 0 Å². The molecule has 0 fully saturated rings. The Morgan fingerprint density at radius 3 is 0.886 bits per heavy atom. The minimum Gasteiger partial charge on any atom is -1.00 e. The fourth-order valence-electron chi connectivity index (χ4n) is 8.77. The van der Waals surface area contributed by atoms with Gasteiger partial charge in [-0.3, -0.25) is 0 Å². The van der Waals surface area contributed by atoms with E-state index in [-0.39, 0.29) is 37.2 Å². The molecule has 0 bridgehead atoms. The first-order valence-corrected chi connectivity index (χ1v) is 33.1. The molecule has 0 heterocycles. The van der Waals surface area contributed by atoms with Gasteiger partial charge in [0.2, 0.25) is 0 Å². The zero-order valence-corrected chi connectivity index (χ0v) is 48.2. The fourth-order valence-corrected chi connectivity index (χ4v) is 8.77. The Hall–Kier alpha value is -4.84. The minimum atomic E-state index is 0. The molecule has 0 N–H and O–H groups in total. The maximum Gasteiger partial charge on any atom is -0.0114 e. The summed E-state index contributed by atoms with van der Waals surface area (Å²) < 4.78 is 0. The summed E-state index contributed by atoms with van der Waals surface area (Å²) in [7, 11) is 0. The molecule has 0 unspecified atom stereocenters. The van der Waals surface area contributed by atoms with Crippen molar-refractivity contribution >= 4 is 77.0 Å². The third-order valence-electron chi connectivity index (χ3n) is 11.5. The van der Waals surface area contributed by atoms with E-state index in [0.29, 0.717) is 0 Å². The van der Waals surface area contributed by atoms with Gasteiger partial charge in [-0.05, 0) is 32.7 Å². The topological polar surface area (TPSA) is 0 Å². The molecule has 0 nitrogen and oxygen atoms in total. The monoisotopic (exact) mass is 1050 g/mol. The summed E-state index contributed by atoms with van der Waals surface area (Å²) in [5, 5.41) is 16.0. The van der Waals surface area contributed by atoms with Crippen LogP contribution in [0.1, 0.15) is 22.3 Å². The van der Waals surface area contributed by atoms with Crippen molar-refractivity contribution in [1.29, 1.82) is 0 Å². The number of halogens is 2. The van der Waals surface area contributed by atoms with Crippen LogP contribution in [-0.2, 0) is 38.3 Å². The zero-order valence-electron chi connectivity index (χ0n) is 41.5. The molecule has 12 aromatic carbocycles. The molecular weight excluding hydrogens is 992 g/mol. The number of fused-ring (bicyclic) bond motifs is 6. The Morgan fingerprint density at radius 2 is 0.529 bits per heavy atom. The Kier molecular flexibility index (Phi) is 21.7. The third-order valence-corrected chi connectivity index (χ3v) is 11.5. The number of benzene rings is 8. The third kappa shape index (κ3) is 15.1. The van der Waals surface area contributed by atoms with E-state index < -0.39 is 0 Å². The van der Waals surface area contributed by atoms with Gasteiger partial charge in [-0.2, -0.15) is 24.3 Å². The van der Waals surface area contributed by atoms with Crippen LogP contribution in [0.5, 0.6) is 0 Å². The molecule has 0 aliphatic heterocycles. The Morgan fingerprint density at radius 1 is 0.286 bits per heavy atom. The van der Waals surface area contributed by atoms with E-state index in [1.807, 2.05) is 0 Å². The Balaban J connectivity index is 0.000000170. The van der Waals surface area contributed by atoms with Crippen LogP contribution in [0.4, 0.5) is 0 Å². The molecule has 0 spiro atoms. The quantitative estimate of drug-likeness (QED) is 0.120. The smallest absolute Gasteiger partial charge is 0.0114 e. The minimum absolute atomic E-state index is 0. The molecular formula is C64H60Cl2Si2Ti2-2. The second-order valence-electron chi connectivity index (χ2n) is 18.1. The standard InChI is InChI=1S/2C20H15.2C10H9.2C2H6Si.2ClH.2Ti/c2*1-14-12-16-8-5-11-19(20(16)13-14)18-10-4-7-15-6-2-3-9-17(15)18;2*1-8-6-9-4-2-3-5-10(9)7-8;2*1-3-2;;;;/h2*2-13H,1H3;2*2-7H,1H3;2*1-2H3;2*1H;;/q4*-1;;;;;2*+2/p-2. The molecule has 70 heavy (non-hydrogen) atoms. The van der Waals surface area contributed by atoms with Crippen molar-refractivity contribution in [3.05, 3.63) is 241 Å². The van der Waals surface area contributed by atoms with Crippen molar-refractivity contribution in [2.75, 3.05) is 0 Å². The molecule has 0 radical (unpaired) electrons. The van der Waals surface area contributed by atoms with Crippen molar-refractivity contribution in [3.63, 3.8) is 0 Å². The van der Waals surface area contributed by atoms with Gasteiger partial charge in [-0.25, -0.2) is 0 Å². The van der Waals surface area contributed by atoms with Crippen LogP contribution in [-0.4, -0.2) is 12.4 Å². The largest absolute Gasteiger partial charge is 1.00 e. The second-order valence-corrected chi connectivity index (χ2v) is 31.4. The number of rotatable bonds is 2. The van der Waals surface area contributed by atoms with Gasteiger partial charge in [0.05, 0.1) is 0 Å². The van der Waals surface area contributed by atoms with Gasteiger partial charge in [-0.1, -0.05) is 148 Å². The molecule has 0 aromatic heterocycles. The molecule has 6 heteroatoms. The summed E-state index contributed by atoms with van der Waals surface area (Å²) in [4.78, 5) is 0. The SMILES string of the molecule is C[Si](C)=[Ti+2].C[Si](C)=[Ti+2].Cc1cc2c(-c3cccc4ccccc34)cccc2[cH-]1.Cc1cc2c(-c3cccc4ccccc34)cccc2[cH-]1.Cc1cc2ccccc2[cH-]1.Cc1cc2ccccc2[cH-]1.[Cl-].[Cl-]. The summed E-state index contributed by atoms with van der Waals surface area (Å²) >= 11 is 4.54. The van der Waals surface area contributed by atoms with E-state index in [1.54, 1.807) is 0 Å². The van der Waals surface area contributed by atoms with Crippen LogP contribution in [0.2, 0.25) is 26.2 Å². The van der Waals surface area contributed by atoms with E-state index in [4.69, 9.17) is 0 Å². The van der Waals surface area contributed by atoms with Gasteiger partial charge >= 0.3 is 76.9 Å². The van der Waals surface area contributed by atoms with E-state index in [0.717, 1.165) is 0 Å². The first-order valence-electron chi connectivity index (χ1n) is 23.4. The number of hydrogen-bond acceptors (Lipinski definition) is 0. The average molecular weight is 1050 g/mol. The van der Waals surface area contributed by atoms with Crippen molar-refractivity contribution in [3.8, 4) is 22.3 Å². The van der Waals surface area contributed by atoms with Gasteiger partial charge in [-0.15, -0.1) is 150 Å². The van der Waals surface area contributed by atoms with E-state index >= 15 is 0 Å². The first-order chi connectivity index (χ1) is 32.8. The molecule has 0 aliphatic carbocycles. The predicted molar refractivity (Wildman–Crippen MR) is 298 cm³/mol. The maximum atomic E-state index is 2.28. The van der Waals surface area contributed by atoms with Gasteiger partial charge in [0, 0.05) is 0 Å². The van der Waals surface area contributed by atoms with Crippen molar-refractivity contribution in [1.82, 2.24) is 0 Å². The summed E-state index contributed by atoms with van der Waals surface area (Å²) in [6, 6.07) is 78.2. The van der Waals surface area contributed by atoms with Crippen molar-refractivity contribution < 1.29 is 63.2 Å². The predicted octanol–water partition coefficient (Wildman–Crippen LogP) is 12.7. The van der Waals surface area contributed by atoms with E-state index in [2.05, 4.69) is 311 Å². The molecule has 0 saturated carbocycles. The molecule has 0 amide bonds. The number of hydrogen-bond donors (Lipinski definition) is 0. The summed E-state index contributed by atoms with van der Waals surface area (Å²) in [5.41, 5.74) is 10.6. The summed E-state index contributed by atoms with van der Waals surface area (Å²) in [5.74, 6) is 0. The summed E-state index contributed by atoms with van der Waals surface area (Å²) in [6.07, 6.45) is 0.241. The van der Waals surface area contributed by atoms with Crippen LogP contribution in [0, 0.1) is 27.7 Å².